The summed E-state index contributed by atoms with van der Waals surface area (Å²) in [7, 11) is -4.22. The number of benzene rings is 1. The van der Waals surface area contributed by atoms with Gasteiger partial charge < -0.3 is 9.47 Å². The number of hydrogen-bond donors (Lipinski definition) is 1. The van der Waals surface area contributed by atoms with Gasteiger partial charge in [-0.15, -0.1) is 0 Å². The SMILES string of the molecule is CCC(C)(Oc1cc(C(=O)OCCS(=O)(=O)O)ccc1F)C1CC2CCC1C2. The minimum absolute atomic E-state index is 0.00338. The molecule has 28 heavy (non-hydrogen) atoms. The van der Waals surface area contributed by atoms with Gasteiger partial charge in [0.15, 0.2) is 11.6 Å². The van der Waals surface area contributed by atoms with Crippen LogP contribution in [-0.4, -0.2) is 36.9 Å². The molecular weight excluding hydrogens is 387 g/mol. The fourth-order valence-corrected chi connectivity index (χ4v) is 4.98. The number of esters is 1. The molecule has 0 aliphatic heterocycles. The molecule has 2 aliphatic carbocycles. The van der Waals surface area contributed by atoms with E-state index in [1.165, 1.54) is 31.4 Å². The van der Waals surface area contributed by atoms with E-state index >= 15 is 0 Å². The van der Waals surface area contributed by atoms with E-state index in [4.69, 9.17) is 14.0 Å². The Morgan fingerprint density at radius 2 is 2.07 bits per heavy atom. The smallest absolute Gasteiger partial charge is 0.338 e. The average Bonchev–Trinajstić information content (AvgIpc) is 3.26. The largest absolute Gasteiger partial charge is 0.484 e. The number of hydrogen-bond acceptors (Lipinski definition) is 5. The van der Waals surface area contributed by atoms with E-state index in [2.05, 4.69) is 0 Å². The minimum atomic E-state index is -4.22. The zero-order valence-corrected chi connectivity index (χ0v) is 17.0. The van der Waals surface area contributed by atoms with Crippen LogP contribution in [0.15, 0.2) is 18.2 Å². The Balaban J connectivity index is 1.72. The molecule has 2 aliphatic rings. The predicted octanol–water partition coefficient (Wildman–Crippen LogP) is 3.85. The van der Waals surface area contributed by atoms with Crippen molar-refractivity contribution in [1.82, 2.24) is 0 Å². The molecule has 0 amide bonds. The van der Waals surface area contributed by atoms with Crippen LogP contribution in [0.2, 0.25) is 0 Å². The fourth-order valence-electron chi connectivity index (χ4n) is 4.69. The van der Waals surface area contributed by atoms with Gasteiger partial charge in [-0.25, -0.2) is 9.18 Å². The van der Waals surface area contributed by atoms with Crippen molar-refractivity contribution in [2.45, 2.75) is 51.6 Å². The Hall–Kier alpha value is -1.67. The second-order valence-corrected chi connectivity index (χ2v) is 9.69. The highest BCUT2D eigenvalue weighted by Gasteiger charge is 2.49. The van der Waals surface area contributed by atoms with Crippen molar-refractivity contribution in [2.24, 2.45) is 17.8 Å². The van der Waals surface area contributed by atoms with Gasteiger partial charge in [-0.3, -0.25) is 4.55 Å². The van der Waals surface area contributed by atoms with Crippen LogP contribution < -0.4 is 4.74 Å². The van der Waals surface area contributed by atoms with Crippen LogP contribution >= 0.6 is 0 Å². The van der Waals surface area contributed by atoms with Crippen molar-refractivity contribution in [3.8, 4) is 5.75 Å². The summed E-state index contributed by atoms with van der Waals surface area (Å²) in [5, 5.41) is 0. The Labute approximate surface area is 165 Å². The first-order chi connectivity index (χ1) is 13.1. The number of carbonyl (C=O) groups is 1. The van der Waals surface area contributed by atoms with Crippen molar-refractivity contribution >= 4 is 16.1 Å². The lowest BCUT2D eigenvalue weighted by molar-refractivity contribution is -0.00670. The highest BCUT2D eigenvalue weighted by atomic mass is 32.2. The molecule has 3 rings (SSSR count). The maximum atomic E-state index is 14.4. The molecule has 2 bridgehead atoms. The average molecular weight is 414 g/mol. The Kier molecular flexibility index (Phi) is 6.00. The van der Waals surface area contributed by atoms with Crippen LogP contribution in [0.4, 0.5) is 4.39 Å². The third kappa shape index (κ3) is 4.66. The number of halogens is 1. The van der Waals surface area contributed by atoms with Crippen molar-refractivity contribution < 1.29 is 31.6 Å². The predicted molar refractivity (Wildman–Crippen MR) is 101 cm³/mol. The van der Waals surface area contributed by atoms with Gasteiger partial charge in [0, 0.05) is 5.92 Å². The third-order valence-corrected chi connectivity index (χ3v) is 6.99. The molecule has 0 aromatic heterocycles. The fraction of sp³-hybridized carbons (Fsp3) is 0.650. The maximum Gasteiger partial charge on any atom is 0.338 e. The van der Waals surface area contributed by atoms with Crippen LogP contribution in [0.5, 0.6) is 5.75 Å². The topological polar surface area (TPSA) is 89.9 Å². The lowest BCUT2D eigenvalue weighted by Gasteiger charge is -2.40. The van der Waals surface area contributed by atoms with Gasteiger partial charge in [-0.1, -0.05) is 13.3 Å². The number of carbonyl (C=O) groups excluding carboxylic acids is 1. The second-order valence-electron chi connectivity index (χ2n) is 8.12. The number of ether oxygens (including phenoxy) is 2. The maximum absolute atomic E-state index is 14.4. The van der Waals surface area contributed by atoms with Crippen LogP contribution in [-0.2, 0) is 14.9 Å². The van der Waals surface area contributed by atoms with E-state index in [1.54, 1.807) is 0 Å². The molecule has 0 spiro atoms. The van der Waals surface area contributed by atoms with E-state index in [1.807, 2.05) is 13.8 Å². The molecule has 8 heteroatoms. The van der Waals surface area contributed by atoms with Crippen molar-refractivity contribution in [1.29, 1.82) is 0 Å². The summed E-state index contributed by atoms with van der Waals surface area (Å²) in [4.78, 5) is 12.1. The highest BCUT2D eigenvalue weighted by molar-refractivity contribution is 7.85. The lowest BCUT2D eigenvalue weighted by Crippen LogP contribution is -2.43. The highest BCUT2D eigenvalue weighted by Crippen LogP contribution is 2.53. The zero-order valence-electron chi connectivity index (χ0n) is 16.2. The molecular formula is C20H27FO6S. The molecule has 0 saturated heterocycles. The van der Waals surface area contributed by atoms with E-state index in [9.17, 15) is 17.6 Å². The summed E-state index contributed by atoms with van der Waals surface area (Å²) in [5.74, 6) is -0.354. The van der Waals surface area contributed by atoms with Gasteiger partial charge in [0.2, 0.25) is 0 Å². The Morgan fingerprint density at radius 3 is 2.64 bits per heavy atom. The van der Waals surface area contributed by atoms with E-state index in [0.717, 1.165) is 24.8 Å². The number of rotatable bonds is 8. The summed E-state index contributed by atoms with van der Waals surface area (Å²) in [6.45, 7) is 3.55. The van der Waals surface area contributed by atoms with Crippen molar-refractivity contribution in [2.75, 3.05) is 12.4 Å². The van der Waals surface area contributed by atoms with Crippen LogP contribution in [0.1, 0.15) is 56.3 Å². The summed E-state index contributed by atoms with van der Waals surface area (Å²) < 4.78 is 55.5. The van der Waals surface area contributed by atoms with Gasteiger partial charge in [0.05, 0.1) is 5.56 Å². The van der Waals surface area contributed by atoms with E-state index in [0.29, 0.717) is 11.8 Å². The van der Waals surface area contributed by atoms with Gasteiger partial charge in [0.1, 0.15) is 18.0 Å². The molecule has 6 nitrogen and oxygen atoms in total. The summed E-state index contributed by atoms with van der Waals surface area (Å²) >= 11 is 0. The Morgan fingerprint density at radius 1 is 1.32 bits per heavy atom. The van der Waals surface area contributed by atoms with Crippen molar-refractivity contribution in [3.63, 3.8) is 0 Å². The van der Waals surface area contributed by atoms with Crippen LogP contribution in [0, 0.1) is 23.6 Å². The molecule has 156 valence electrons. The molecule has 1 aromatic carbocycles. The van der Waals surface area contributed by atoms with Crippen molar-refractivity contribution in [3.05, 3.63) is 29.6 Å². The van der Waals surface area contributed by atoms with E-state index in [-0.39, 0.29) is 11.3 Å². The normalized spacial score (nSPS) is 26.1. The van der Waals surface area contributed by atoms with Gasteiger partial charge in [-0.05, 0) is 62.6 Å². The second kappa shape index (κ2) is 7.99. The van der Waals surface area contributed by atoms with Gasteiger partial charge in [0.25, 0.3) is 10.1 Å². The molecule has 0 radical (unpaired) electrons. The summed E-state index contributed by atoms with van der Waals surface area (Å²) in [5.41, 5.74) is -0.452. The lowest BCUT2D eigenvalue weighted by atomic mass is 9.75. The molecule has 4 unspecified atom stereocenters. The standard InChI is InChI=1S/C20H27FO6S/c1-3-20(2,16-11-13-4-5-14(16)10-13)27-18-12-15(6-7-17(18)21)19(22)26-8-9-28(23,24)25/h6-7,12-14,16H,3-5,8-11H2,1-2H3,(H,23,24,25). The van der Waals surface area contributed by atoms with Crippen LogP contribution in [0.25, 0.3) is 0 Å². The molecule has 0 heterocycles. The Bertz CT molecular complexity index is 839. The minimum Gasteiger partial charge on any atom is -0.484 e. The summed E-state index contributed by atoms with van der Waals surface area (Å²) in [6.07, 6.45) is 5.49. The molecule has 4 atom stereocenters. The first-order valence-electron chi connectivity index (χ1n) is 9.72. The quantitative estimate of drug-likeness (QED) is 0.513. The first kappa shape index (κ1) is 21.0. The summed E-state index contributed by atoms with van der Waals surface area (Å²) in [6, 6.07) is 3.70. The zero-order chi connectivity index (χ0) is 20.5. The third-order valence-electron chi connectivity index (χ3n) is 6.31. The number of fused-ring (bicyclic) bond motifs is 2. The van der Waals surface area contributed by atoms with E-state index < -0.39 is 39.9 Å². The molecule has 2 fully saturated rings. The monoisotopic (exact) mass is 414 g/mol. The first-order valence-corrected chi connectivity index (χ1v) is 11.3. The molecule has 1 N–H and O–H groups in total. The molecule has 1 aromatic rings. The van der Waals surface area contributed by atoms with Gasteiger partial charge >= 0.3 is 5.97 Å². The molecule has 2 saturated carbocycles. The van der Waals surface area contributed by atoms with Gasteiger partial charge in [-0.2, -0.15) is 8.42 Å². The van der Waals surface area contributed by atoms with Crippen LogP contribution in [0.3, 0.4) is 0 Å².